The maximum Gasteiger partial charge on any atom is 0.328 e. The molecule has 37 heavy (non-hydrogen) atoms. The number of rotatable bonds is 6. The molecule has 0 bridgehead atoms. The van der Waals surface area contributed by atoms with Crippen molar-refractivity contribution < 1.29 is 13.2 Å². The highest BCUT2D eigenvalue weighted by Gasteiger charge is 2.32. The number of nitrogens with one attached hydrogen (secondary N) is 2. The van der Waals surface area contributed by atoms with Crippen molar-refractivity contribution in [3.05, 3.63) is 87.7 Å². The molecule has 1 aliphatic rings. The number of carbonyl (C=O) groups is 1. The topological polar surface area (TPSA) is 93.1 Å². The average molecular weight is 558 g/mol. The predicted molar refractivity (Wildman–Crippen MR) is 146 cm³/mol. The lowest BCUT2D eigenvalue weighted by Gasteiger charge is -2.36. The number of carbonyl (C=O) groups excluding carboxylic acids is 1. The third-order valence-corrected chi connectivity index (χ3v) is 8.81. The summed E-state index contributed by atoms with van der Waals surface area (Å²) in [4.78, 5) is 17.1. The second kappa shape index (κ2) is 10.0. The molecular formula is C27H26Cl2N4O3S. The van der Waals surface area contributed by atoms with Gasteiger partial charge < -0.3 is 5.32 Å². The minimum Gasteiger partial charge on any atom is -0.335 e. The van der Waals surface area contributed by atoms with Crippen LogP contribution in [-0.2, 0) is 16.4 Å². The lowest BCUT2D eigenvalue weighted by Crippen LogP contribution is -2.49. The zero-order chi connectivity index (χ0) is 26.3. The van der Waals surface area contributed by atoms with Gasteiger partial charge in [-0.15, -0.1) is 0 Å². The minimum absolute atomic E-state index is 0.0575. The smallest absolute Gasteiger partial charge is 0.328 e. The van der Waals surface area contributed by atoms with Crippen molar-refractivity contribution in [1.82, 2.24) is 19.6 Å². The number of aryl methyl sites for hydroxylation is 2. The van der Waals surface area contributed by atoms with Gasteiger partial charge in [0.1, 0.15) is 5.82 Å². The lowest BCUT2D eigenvalue weighted by atomic mass is 9.76. The molecule has 0 saturated heterocycles. The van der Waals surface area contributed by atoms with Crippen molar-refractivity contribution in [2.24, 2.45) is 0 Å². The highest BCUT2D eigenvalue weighted by molar-refractivity contribution is 7.90. The number of halogens is 2. The van der Waals surface area contributed by atoms with Gasteiger partial charge in [-0.05, 0) is 67.6 Å². The molecule has 1 heterocycles. The molecule has 192 valence electrons. The SMILES string of the molecule is CCc1nc2cc(Cl)c(Cl)cc2n1-c1ccc([C@H]2C[C@@H](NC(=O)NS(=O)(=O)c3ccc(C)cc3)C2)cc1. The molecule has 7 nitrogen and oxygen atoms in total. The van der Waals surface area contributed by atoms with Crippen molar-refractivity contribution >= 4 is 50.3 Å². The Morgan fingerprint density at radius 2 is 1.68 bits per heavy atom. The van der Waals surface area contributed by atoms with Gasteiger partial charge in [-0.25, -0.2) is 22.9 Å². The van der Waals surface area contributed by atoms with E-state index in [2.05, 4.69) is 45.8 Å². The Morgan fingerprint density at radius 3 is 2.32 bits per heavy atom. The largest absolute Gasteiger partial charge is 0.335 e. The van der Waals surface area contributed by atoms with Crippen molar-refractivity contribution in [3.63, 3.8) is 0 Å². The summed E-state index contributed by atoms with van der Waals surface area (Å²) >= 11 is 12.5. The zero-order valence-electron chi connectivity index (χ0n) is 20.3. The van der Waals surface area contributed by atoms with Crippen LogP contribution in [-0.4, -0.2) is 30.0 Å². The molecule has 2 amide bonds. The first kappa shape index (κ1) is 25.6. The zero-order valence-corrected chi connectivity index (χ0v) is 22.7. The van der Waals surface area contributed by atoms with Gasteiger partial charge in [-0.1, -0.05) is 60.0 Å². The number of hydrogen-bond acceptors (Lipinski definition) is 4. The molecule has 1 aliphatic carbocycles. The van der Waals surface area contributed by atoms with Gasteiger partial charge in [0, 0.05) is 18.2 Å². The maximum absolute atomic E-state index is 12.4. The van der Waals surface area contributed by atoms with Crippen LogP contribution < -0.4 is 10.0 Å². The summed E-state index contributed by atoms with van der Waals surface area (Å²) in [5, 5.41) is 3.73. The van der Waals surface area contributed by atoms with Crippen LogP contribution in [0.3, 0.4) is 0 Å². The second-order valence-corrected chi connectivity index (χ2v) is 11.8. The van der Waals surface area contributed by atoms with E-state index in [1.807, 2.05) is 13.0 Å². The first-order valence-corrected chi connectivity index (χ1v) is 14.2. The summed E-state index contributed by atoms with van der Waals surface area (Å²) in [5.74, 6) is 1.20. The molecule has 1 aromatic heterocycles. The van der Waals surface area contributed by atoms with E-state index in [1.165, 1.54) is 12.1 Å². The summed E-state index contributed by atoms with van der Waals surface area (Å²) in [7, 11) is -3.91. The van der Waals surface area contributed by atoms with E-state index in [0.29, 0.717) is 10.0 Å². The van der Waals surface area contributed by atoms with E-state index in [-0.39, 0.29) is 16.9 Å². The fourth-order valence-electron chi connectivity index (χ4n) is 4.66. The van der Waals surface area contributed by atoms with Crippen LogP contribution in [0.1, 0.15) is 42.6 Å². The summed E-state index contributed by atoms with van der Waals surface area (Å²) in [5.41, 5.74) is 4.79. The van der Waals surface area contributed by atoms with Gasteiger partial charge in [0.25, 0.3) is 10.0 Å². The molecule has 0 atom stereocenters. The quantitative estimate of drug-likeness (QED) is 0.298. The minimum atomic E-state index is -3.91. The van der Waals surface area contributed by atoms with E-state index in [4.69, 9.17) is 28.2 Å². The van der Waals surface area contributed by atoms with Gasteiger partial charge in [0.05, 0.1) is 26.0 Å². The highest BCUT2D eigenvalue weighted by Crippen LogP contribution is 2.37. The van der Waals surface area contributed by atoms with E-state index in [1.54, 1.807) is 18.2 Å². The highest BCUT2D eigenvalue weighted by atomic mass is 35.5. The molecule has 0 spiro atoms. The summed E-state index contributed by atoms with van der Waals surface area (Å²) < 4.78 is 29.0. The van der Waals surface area contributed by atoms with E-state index < -0.39 is 16.1 Å². The molecule has 2 N–H and O–H groups in total. The number of aromatic nitrogens is 2. The van der Waals surface area contributed by atoms with Gasteiger partial charge >= 0.3 is 6.03 Å². The van der Waals surface area contributed by atoms with Crippen molar-refractivity contribution in [1.29, 1.82) is 0 Å². The number of fused-ring (bicyclic) bond motifs is 1. The predicted octanol–water partition coefficient (Wildman–Crippen LogP) is 6.14. The molecule has 3 aromatic carbocycles. The van der Waals surface area contributed by atoms with Crippen LogP contribution in [0.15, 0.2) is 65.6 Å². The maximum atomic E-state index is 12.4. The molecule has 0 unspecified atom stereocenters. The Bertz CT molecular complexity index is 1580. The van der Waals surface area contributed by atoms with Crippen LogP contribution in [0.4, 0.5) is 4.79 Å². The lowest BCUT2D eigenvalue weighted by molar-refractivity contribution is 0.227. The van der Waals surface area contributed by atoms with E-state index >= 15 is 0 Å². The molecular weight excluding hydrogens is 531 g/mol. The van der Waals surface area contributed by atoms with Crippen LogP contribution >= 0.6 is 23.2 Å². The van der Waals surface area contributed by atoms with Gasteiger partial charge in [-0.2, -0.15) is 0 Å². The Balaban J connectivity index is 1.22. The van der Waals surface area contributed by atoms with Gasteiger partial charge in [0.2, 0.25) is 0 Å². The Hall–Kier alpha value is -3.07. The Labute approximate surface area is 225 Å². The van der Waals surface area contributed by atoms with Crippen LogP contribution in [0.2, 0.25) is 10.0 Å². The molecule has 1 fully saturated rings. The fraction of sp³-hybridized carbons (Fsp3) is 0.259. The molecule has 10 heteroatoms. The Morgan fingerprint density at radius 1 is 1.03 bits per heavy atom. The third-order valence-electron chi connectivity index (χ3n) is 6.74. The van der Waals surface area contributed by atoms with Crippen LogP contribution in [0.25, 0.3) is 16.7 Å². The average Bonchev–Trinajstić information content (AvgIpc) is 3.18. The number of imidazole rings is 1. The number of amides is 2. The summed E-state index contributed by atoms with van der Waals surface area (Å²) in [6.45, 7) is 3.92. The van der Waals surface area contributed by atoms with Crippen molar-refractivity contribution in [2.45, 2.75) is 50.0 Å². The molecule has 0 radical (unpaired) electrons. The van der Waals surface area contributed by atoms with Gasteiger partial charge in [-0.3, -0.25) is 4.57 Å². The third kappa shape index (κ3) is 5.19. The van der Waals surface area contributed by atoms with Crippen LogP contribution in [0, 0.1) is 6.92 Å². The number of benzene rings is 3. The number of nitrogens with zero attached hydrogens (tertiary/aromatic N) is 2. The number of urea groups is 1. The van der Waals surface area contributed by atoms with Crippen molar-refractivity contribution in [2.75, 3.05) is 0 Å². The molecule has 0 aliphatic heterocycles. The fourth-order valence-corrected chi connectivity index (χ4v) is 5.90. The number of sulfonamides is 1. The standard InChI is InChI=1S/C27H26Cl2N4O3S/c1-3-26-31-24-14-22(28)23(29)15-25(24)33(26)20-8-6-17(7-9-20)18-12-19(13-18)30-27(34)32-37(35,36)21-10-4-16(2)5-11-21/h4-11,14-15,18-19H,3,12-13H2,1-2H3,(H2,30,32,34)/t18-,19+. The first-order valence-electron chi connectivity index (χ1n) is 12.0. The van der Waals surface area contributed by atoms with Crippen LogP contribution in [0.5, 0.6) is 0 Å². The monoisotopic (exact) mass is 556 g/mol. The second-order valence-electron chi connectivity index (χ2n) is 9.32. The van der Waals surface area contributed by atoms with Gasteiger partial charge in [0.15, 0.2) is 0 Å². The molecule has 1 saturated carbocycles. The Kier molecular flexibility index (Phi) is 6.91. The van der Waals surface area contributed by atoms with E-state index in [9.17, 15) is 13.2 Å². The normalized spacial score (nSPS) is 17.4. The van der Waals surface area contributed by atoms with Crippen molar-refractivity contribution in [3.8, 4) is 5.69 Å². The number of hydrogen-bond donors (Lipinski definition) is 2. The molecule has 4 aromatic rings. The van der Waals surface area contributed by atoms with E-state index in [0.717, 1.165) is 52.9 Å². The summed E-state index contributed by atoms with van der Waals surface area (Å²) in [6, 6.07) is 17.4. The summed E-state index contributed by atoms with van der Waals surface area (Å²) in [6.07, 6.45) is 2.22. The first-order chi connectivity index (χ1) is 17.6. The molecule has 5 rings (SSSR count).